The van der Waals surface area contributed by atoms with E-state index in [-0.39, 0.29) is 12.4 Å². The number of imidazole rings is 1. The fourth-order valence-electron chi connectivity index (χ4n) is 1.74. The minimum Gasteiger partial charge on any atom is -0.466 e. The molecule has 0 fully saturated rings. The molecule has 96 valence electrons. The summed E-state index contributed by atoms with van der Waals surface area (Å²) in [5.41, 5.74) is 1.58. The molecule has 0 aromatic carbocycles. The van der Waals surface area contributed by atoms with Gasteiger partial charge in [0.25, 0.3) is 0 Å². The summed E-state index contributed by atoms with van der Waals surface area (Å²) in [5.74, 6) is -0.243. The summed E-state index contributed by atoms with van der Waals surface area (Å²) in [6.45, 7) is 2.19. The molecule has 2 rings (SSSR count). The Balaban J connectivity index is 2.44. The first kappa shape index (κ1) is 13.4. The average molecular weight is 329 g/mol. The number of hydrogen-bond acceptors (Lipinski definition) is 4. The van der Waals surface area contributed by atoms with E-state index in [0.717, 1.165) is 20.8 Å². The van der Waals surface area contributed by atoms with Crippen molar-refractivity contribution in [3.05, 3.63) is 28.5 Å². The van der Waals surface area contributed by atoms with Crippen LogP contribution >= 0.6 is 27.7 Å². The molecule has 2 heterocycles. The monoisotopic (exact) mass is 328 g/mol. The normalized spacial score (nSPS) is 10.8. The second-order valence-electron chi connectivity index (χ2n) is 3.60. The average Bonchev–Trinajstić information content (AvgIpc) is 2.68. The molecule has 0 spiro atoms. The molecule has 0 saturated carbocycles. The molecule has 0 radical (unpaired) electrons. The van der Waals surface area contributed by atoms with E-state index >= 15 is 0 Å². The molecule has 0 N–H and O–H groups in total. The third kappa shape index (κ3) is 2.54. The van der Waals surface area contributed by atoms with Crippen LogP contribution < -0.4 is 0 Å². The van der Waals surface area contributed by atoms with Gasteiger partial charge >= 0.3 is 5.97 Å². The molecule has 0 unspecified atom stereocenters. The van der Waals surface area contributed by atoms with Gasteiger partial charge in [-0.15, -0.1) is 11.8 Å². The Morgan fingerprint density at radius 3 is 3.06 bits per heavy atom. The van der Waals surface area contributed by atoms with E-state index in [1.807, 2.05) is 29.0 Å². The van der Waals surface area contributed by atoms with Crippen molar-refractivity contribution >= 4 is 39.3 Å². The fourth-order valence-corrected chi connectivity index (χ4v) is 2.87. The Morgan fingerprint density at radius 1 is 1.61 bits per heavy atom. The number of carbonyl (C=O) groups is 1. The molecule has 0 aliphatic rings. The zero-order valence-corrected chi connectivity index (χ0v) is 12.5. The minimum atomic E-state index is -0.243. The summed E-state index contributed by atoms with van der Waals surface area (Å²) in [5, 5.41) is 0.972. The van der Waals surface area contributed by atoms with Crippen LogP contribution in [0.15, 0.2) is 27.8 Å². The van der Waals surface area contributed by atoms with Crippen molar-refractivity contribution in [1.82, 2.24) is 9.38 Å². The molecule has 18 heavy (non-hydrogen) atoms. The van der Waals surface area contributed by atoms with Crippen molar-refractivity contribution in [3.63, 3.8) is 0 Å². The molecule has 0 aliphatic carbocycles. The van der Waals surface area contributed by atoms with Crippen LogP contribution in [-0.2, 0) is 16.0 Å². The van der Waals surface area contributed by atoms with Crippen molar-refractivity contribution in [1.29, 1.82) is 0 Å². The van der Waals surface area contributed by atoms with E-state index < -0.39 is 0 Å². The molecular formula is C12H13BrN2O2S. The zero-order valence-electron chi connectivity index (χ0n) is 10.1. The first-order valence-corrected chi connectivity index (χ1v) is 7.54. The lowest BCUT2D eigenvalue weighted by atomic mass is 10.3. The van der Waals surface area contributed by atoms with Crippen LogP contribution in [0.1, 0.15) is 12.6 Å². The maximum Gasteiger partial charge on any atom is 0.311 e. The molecule has 2 aromatic heterocycles. The number of pyridine rings is 1. The maximum atomic E-state index is 11.5. The lowest BCUT2D eigenvalue weighted by Crippen LogP contribution is -2.08. The van der Waals surface area contributed by atoms with Crippen LogP contribution in [0.25, 0.3) is 5.65 Å². The summed E-state index contributed by atoms with van der Waals surface area (Å²) in [7, 11) is 0. The van der Waals surface area contributed by atoms with Crippen molar-refractivity contribution in [2.24, 2.45) is 0 Å². The van der Waals surface area contributed by atoms with Gasteiger partial charge in [-0.2, -0.15) is 0 Å². The summed E-state index contributed by atoms with van der Waals surface area (Å²) in [4.78, 5) is 16.0. The highest BCUT2D eigenvalue weighted by Crippen LogP contribution is 2.26. The predicted octanol–water partition coefficient (Wildman–Crippen LogP) is 2.92. The molecular weight excluding hydrogens is 316 g/mol. The largest absolute Gasteiger partial charge is 0.466 e. The standard InChI is InChI=1S/C12H13BrN2O2S/c1-3-17-10(16)7-9-12(18-2)15-6-4-5-8(13)11(15)14-9/h4-6H,3,7H2,1-2H3. The SMILES string of the molecule is CCOC(=O)Cc1nc2c(Br)cccn2c1SC. The van der Waals surface area contributed by atoms with Crippen LogP contribution in [0, 0.1) is 0 Å². The van der Waals surface area contributed by atoms with Crippen LogP contribution in [0.2, 0.25) is 0 Å². The van der Waals surface area contributed by atoms with Gasteiger partial charge in [0.1, 0.15) is 5.03 Å². The predicted molar refractivity (Wildman–Crippen MR) is 75.0 cm³/mol. The van der Waals surface area contributed by atoms with Gasteiger partial charge in [0.05, 0.1) is 23.2 Å². The van der Waals surface area contributed by atoms with E-state index in [4.69, 9.17) is 4.74 Å². The topological polar surface area (TPSA) is 43.6 Å². The molecule has 0 aliphatic heterocycles. The Labute approximate surface area is 118 Å². The summed E-state index contributed by atoms with van der Waals surface area (Å²) >= 11 is 5.03. The third-order valence-electron chi connectivity index (χ3n) is 2.44. The lowest BCUT2D eigenvalue weighted by Gasteiger charge is -2.02. The van der Waals surface area contributed by atoms with E-state index in [1.165, 1.54) is 0 Å². The Hall–Kier alpha value is -1.01. The Morgan fingerprint density at radius 2 is 2.39 bits per heavy atom. The van der Waals surface area contributed by atoms with Gasteiger partial charge in [-0.3, -0.25) is 9.20 Å². The van der Waals surface area contributed by atoms with Crippen molar-refractivity contribution in [2.75, 3.05) is 12.9 Å². The number of halogens is 1. The van der Waals surface area contributed by atoms with Crippen LogP contribution in [0.3, 0.4) is 0 Å². The highest BCUT2D eigenvalue weighted by atomic mass is 79.9. The van der Waals surface area contributed by atoms with Gasteiger partial charge in [-0.05, 0) is 41.2 Å². The van der Waals surface area contributed by atoms with Gasteiger partial charge in [-0.25, -0.2) is 4.98 Å². The first-order chi connectivity index (χ1) is 8.67. The quantitative estimate of drug-likeness (QED) is 0.639. The number of hydrogen-bond donors (Lipinski definition) is 0. The molecule has 2 aromatic rings. The van der Waals surface area contributed by atoms with Crippen molar-refractivity contribution in [3.8, 4) is 0 Å². The number of carbonyl (C=O) groups excluding carboxylic acids is 1. The molecule has 0 amide bonds. The lowest BCUT2D eigenvalue weighted by molar-refractivity contribution is -0.142. The van der Waals surface area contributed by atoms with Crippen LogP contribution in [0.5, 0.6) is 0 Å². The Kier molecular flexibility index (Phi) is 4.29. The van der Waals surface area contributed by atoms with Crippen molar-refractivity contribution in [2.45, 2.75) is 18.4 Å². The number of rotatable bonds is 4. The van der Waals surface area contributed by atoms with Crippen molar-refractivity contribution < 1.29 is 9.53 Å². The highest BCUT2D eigenvalue weighted by Gasteiger charge is 2.16. The van der Waals surface area contributed by atoms with E-state index in [0.29, 0.717) is 6.61 Å². The molecule has 0 bridgehead atoms. The number of fused-ring (bicyclic) bond motifs is 1. The number of thioether (sulfide) groups is 1. The van der Waals surface area contributed by atoms with E-state index in [2.05, 4.69) is 20.9 Å². The zero-order chi connectivity index (χ0) is 13.1. The number of ether oxygens (including phenoxy) is 1. The summed E-state index contributed by atoms with van der Waals surface area (Å²) in [6, 6.07) is 3.87. The van der Waals surface area contributed by atoms with Gasteiger partial charge in [0.2, 0.25) is 0 Å². The van der Waals surface area contributed by atoms with Crippen LogP contribution in [0.4, 0.5) is 0 Å². The van der Waals surface area contributed by atoms with Crippen LogP contribution in [-0.4, -0.2) is 28.2 Å². The molecule has 0 atom stereocenters. The molecule has 0 saturated heterocycles. The smallest absolute Gasteiger partial charge is 0.311 e. The Bertz CT molecular complexity index is 583. The summed E-state index contributed by atoms with van der Waals surface area (Å²) < 4.78 is 7.85. The molecule has 4 nitrogen and oxygen atoms in total. The van der Waals surface area contributed by atoms with Gasteiger partial charge < -0.3 is 4.74 Å². The second-order valence-corrected chi connectivity index (χ2v) is 5.25. The second kappa shape index (κ2) is 5.75. The molecule has 6 heteroatoms. The van der Waals surface area contributed by atoms with E-state index in [9.17, 15) is 4.79 Å². The highest BCUT2D eigenvalue weighted by molar-refractivity contribution is 9.10. The van der Waals surface area contributed by atoms with E-state index in [1.54, 1.807) is 18.7 Å². The minimum absolute atomic E-state index is 0.206. The van der Waals surface area contributed by atoms with Gasteiger partial charge in [0.15, 0.2) is 5.65 Å². The van der Waals surface area contributed by atoms with Gasteiger partial charge in [-0.1, -0.05) is 0 Å². The fraction of sp³-hybridized carbons (Fsp3) is 0.333. The number of nitrogens with zero attached hydrogens (tertiary/aromatic N) is 2. The third-order valence-corrected chi connectivity index (χ3v) is 3.87. The summed E-state index contributed by atoms with van der Waals surface area (Å²) in [6.07, 6.45) is 4.12. The first-order valence-electron chi connectivity index (χ1n) is 5.52. The maximum absolute atomic E-state index is 11.5. The number of aromatic nitrogens is 2. The van der Waals surface area contributed by atoms with Gasteiger partial charge in [0, 0.05) is 6.20 Å². The number of esters is 1.